The van der Waals surface area contributed by atoms with E-state index in [-0.39, 0.29) is 16.9 Å². The molecule has 6 heteroatoms. The Morgan fingerprint density at radius 1 is 0.885 bits per heavy atom. The van der Waals surface area contributed by atoms with Crippen molar-refractivity contribution in [3.05, 3.63) is 60.2 Å². The van der Waals surface area contributed by atoms with Gasteiger partial charge in [0.05, 0.1) is 0 Å². The lowest BCUT2D eigenvalue weighted by atomic mass is 10.2. The van der Waals surface area contributed by atoms with E-state index in [4.69, 9.17) is 12.2 Å². The van der Waals surface area contributed by atoms with Crippen molar-refractivity contribution >= 4 is 40.5 Å². The van der Waals surface area contributed by atoms with Crippen molar-refractivity contribution < 1.29 is 9.59 Å². The number of nitrogens with one attached hydrogen (secondary N) is 3. The van der Waals surface area contributed by atoms with Crippen LogP contribution in [0, 0.1) is 0 Å². The molecule has 0 fully saturated rings. The number of thiocarbonyl (C=S) groups is 1. The van der Waals surface area contributed by atoms with Gasteiger partial charge in [-0.05, 0) is 55.0 Å². The summed E-state index contributed by atoms with van der Waals surface area (Å²) in [6, 6.07) is 16.1. The second kappa shape index (κ2) is 10.3. The van der Waals surface area contributed by atoms with E-state index in [0.29, 0.717) is 17.7 Å². The van der Waals surface area contributed by atoms with Gasteiger partial charge >= 0.3 is 0 Å². The van der Waals surface area contributed by atoms with E-state index >= 15 is 0 Å². The van der Waals surface area contributed by atoms with Gasteiger partial charge in [-0.1, -0.05) is 38.0 Å². The van der Waals surface area contributed by atoms with Crippen LogP contribution < -0.4 is 16.0 Å². The number of anilines is 2. The van der Waals surface area contributed by atoms with E-state index in [1.54, 1.807) is 36.4 Å². The molecule has 0 aromatic heterocycles. The Morgan fingerprint density at radius 2 is 1.50 bits per heavy atom. The van der Waals surface area contributed by atoms with E-state index in [2.05, 4.69) is 22.9 Å². The summed E-state index contributed by atoms with van der Waals surface area (Å²) in [5.74, 6) is -0.246. The summed E-state index contributed by atoms with van der Waals surface area (Å²) < 4.78 is 0. The van der Waals surface area contributed by atoms with Crippen LogP contribution >= 0.6 is 12.2 Å². The maximum absolute atomic E-state index is 12.1. The van der Waals surface area contributed by atoms with Gasteiger partial charge in [0, 0.05) is 23.4 Å². The molecule has 2 rings (SSSR count). The molecule has 0 bridgehead atoms. The molecule has 2 aromatic rings. The van der Waals surface area contributed by atoms with Crippen molar-refractivity contribution in [2.45, 2.75) is 32.6 Å². The summed E-state index contributed by atoms with van der Waals surface area (Å²) >= 11 is 5.14. The zero-order valence-corrected chi connectivity index (χ0v) is 15.6. The van der Waals surface area contributed by atoms with Crippen LogP contribution in [0.2, 0.25) is 0 Å². The lowest BCUT2D eigenvalue weighted by Gasteiger charge is -2.10. The molecule has 5 nitrogen and oxygen atoms in total. The number of carbonyl (C=O) groups excluding carboxylic acids is 2. The number of amides is 2. The first-order valence-electron chi connectivity index (χ1n) is 8.66. The molecule has 3 N–H and O–H groups in total. The van der Waals surface area contributed by atoms with Crippen molar-refractivity contribution in [1.82, 2.24) is 5.32 Å². The van der Waals surface area contributed by atoms with Crippen LogP contribution in [0.25, 0.3) is 0 Å². The zero-order chi connectivity index (χ0) is 18.8. The van der Waals surface area contributed by atoms with Crippen molar-refractivity contribution in [2.75, 3.05) is 10.6 Å². The number of hydrogen-bond acceptors (Lipinski definition) is 3. The quantitative estimate of drug-likeness (QED) is 0.502. The highest BCUT2D eigenvalue weighted by Crippen LogP contribution is 2.14. The minimum absolute atomic E-state index is 0.0808. The monoisotopic (exact) mass is 369 g/mol. The third-order valence-electron chi connectivity index (χ3n) is 3.70. The van der Waals surface area contributed by atoms with Gasteiger partial charge in [0.2, 0.25) is 5.91 Å². The van der Waals surface area contributed by atoms with Crippen LogP contribution in [0.4, 0.5) is 11.4 Å². The standard InChI is InChI=1S/C20H23N3O2S/c1-2-3-5-10-18(24)23-20(26)22-17-13-11-16(12-14-17)21-19(25)15-8-6-4-7-9-15/h4,6-9,11-14H,2-3,5,10H2,1H3,(H,21,25)(H2,22,23,24,26). The Morgan fingerprint density at radius 3 is 2.12 bits per heavy atom. The smallest absolute Gasteiger partial charge is 0.255 e. The minimum Gasteiger partial charge on any atom is -0.332 e. The first kappa shape index (κ1) is 19.6. The summed E-state index contributed by atoms with van der Waals surface area (Å²) in [7, 11) is 0. The normalized spacial score (nSPS) is 10.0. The van der Waals surface area contributed by atoms with Gasteiger partial charge in [0.1, 0.15) is 0 Å². The average molecular weight is 369 g/mol. The maximum Gasteiger partial charge on any atom is 0.255 e. The second-order valence-electron chi connectivity index (χ2n) is 5.86. The van der Waals surface area contributed by atoms with Crippen LogP contribution in [-0.4, -0.2) is 16.9 Å². The van der Waals surface area contributed by atoms with Crippen molar-refractivity contribution in [1.29, 1.82) is 0 Å². The lowest BCUT2D eigenvalue weighted by molar-refractivity contribution is -0.119. The Labute approximate surface area is 159 Å². The lowest BCUT2D eigenvalue weighted by Crippen LogP contribution is -2.33. The van der Waals surface area contributed by atoms with Crippen LogP contribution in [0.5, 0.6) is 0 Å². The molecule has 2 aromatic carbocycles. The molecule has 0 aliphatic carbocycles. The molecule has 0 saturated carbocycles. The molecule has 136 valence electrons. The van der Waals surface area contributed by atoms with Crippen molar-refractivity contribution in [3.63, 3.8) is 0 Å². The fourth-order valence-electron chi connectivity index (χ4n) is 2.32. The molecule has 0 radical (unpaired) electrons. The Kier molecular flexibility index (Phi) is 7.76. The van der Waals surface area contributed by atoms with E-state index in [9.17, 15) is 9.59 Å². The van der Waals surface area contributed by atoms with Gasteiger partial charge < -0.3 is 16.0 Å². The van der Waals surface area contributed by atoms with Crippen LogP contribution in [0.15, 0.2) is 54.6 Å². The van der Waals surface area contributed by atoms with E-state index in [1.807, 2.05) is 18.2 Å². The summed E-state index contributed by atoms with van der Waals surface area (Å²) in [5, 5.41) is 8.73. The summed E-state index contributed by atoms with van der Waals surface area (Å²) in [5.41, 5.74) is 2.02. The number of rotatable bonds is 7. The van der Waals surface area contributed by atoms with Crippen LogP contribution in [0.1, 0.15) is 43.0 Å². The van der Waals surface area contributed by atoms with Gasteiger partial charge in [0.15, 0.2) is 5.11 Å². The molecule has 0 heterocycles. The molecule has 2 amide bonds. The third kappa shape index (κ3) is 6.64. The summed E-state index contributed by atoms with van der Waals surface area (Å²) in [6.07, 6.45) is 3.44. The third-order valence-corrected chi connectivity index (χ3v) is 3.90. The molecule has 0 unspecified atom stereocenters. The summed E-state index contributed by atoms with van der Waals surface area (Å²) in [6.45, 7) is 2.09. The largest absolute Gasteiger partial charge is 0.332 e. The number of benzene rings is 2. The maximum atomic E-state index is 12.1. The molecular formula is C20H23N3O2S. The van der Waals surface area contributed by atoms with Crippen LogP contribution in [-0.2, 0) is 4.79 Å². The predicted molar refractivity (Wildman–Crippen MR) is 109 cm³/mol. The van der Waals surface area contributed by atoms with Gasteiger partial charge in [-0.3, -0.25) is 9.59 Å². The van der Waals surface area contributed by atoms with Crippen molar-refractivity contribution in [2.24, 2.45) is 0 Å². The Bertz CT molecular complexity index is 745. The zero-order valence-electron chi connectivity index (χ0n) is 14.7. The van der Waals surface area contributed by atoms with Gasteiger partial charge in [-0.25, -0.2) is 0 Å². The molecule has 0 aliphatic heterocycles. The fourth-order valence-corrected chi connectivity index (χ4v) is 2.55. The fraction of sp³-hybridized carbons (Fsp3) is 0.250. The molecule has 0 atom stereocenters. The Hall–Kier alpha value is -2.73. The van der Waals surface area contributed by atoms with Crippen LogP contribution in [0.3, 0.4) is 0 Å². The van der Waals surface area contributed by atoms with E-state index in [1.165, 1.54) is 0 Å². The number of carbonyl (C=O) groups is 2. The highest BCUT2D eigenvalue weighted by molar-refractivity contribution is 7.80. The second-order valence-corrected chi connectivity index (χ2v) is 6.27. The highest BCUT2D eigenvalue weighted by atomic mass is 32.1. The van der Waals surface area contributed by atoms with Gasteiger partial charge in [0.25, 0.3) is 5.91 Å². The van der Waals surface area contributed by atoms with Gasteiger partial charge in [-0.15, -0.1) is 0 Å². The topological polar surface area (TPSA) is 70.2 Å². The predicted octanol–water partition coefficient (Wildman–Crippen LogP) is 4.33. The average Bonchev–Trinajstić information content (AvgIpc) is 2.64. The van der Waals surface area contributed by atoms with E-state index < -0.39 is 0 Å². The molecule has 26 heavy (non-hydrogen) atoms. The molecular weight excluding hydrogens is 346 g/mol. The highest BCUT2D eigenvalue weighted by Gasteiger charge is 2.06. The summed E-state index contributed by atoms with van der Waals surface area (Å²) in [4.78, 5) is 23.9. The number of unbranched alkanes of at least 4 members (excludes halogenated alkanes) is 2. The molecule has 0 spiro atoms. The minimum atomic E-state index is -0.166. The van der Waals surface area contributed by atoms with E-state index in [0.717, 1.165) is 24.9 Å². The molecule has 0 saturated heterocycles. The van der Waals surface area contributed by atoms with Crippen molar-refractivity contribution in [3.8, 4) is 0 Å². The van der Waals surface area contributed by atoms with Gasteiger partial charge in [-0.2, -0.15) is 0 Å². The number of hydrogen-bond donors (Lipinski definition) is 3. The first-order chi connectivity index (χ1) is 12.6. The SMILES string of the molecule is CCCCCC(=O)NC(=S)Nc1ccc(NC(=O)c2ccccc2)cc1. The Balaban J connectivity index is 1.82. The molecule has 0 aliphatic rings. The first-order valence-corrected chi connectivity index (χ1v) is 9.06.